The number of amides is 2. The molecule has 8 nitrogen and oxygen atoms in total. The molecule has 2 aromatic carbocycles. The quantitative estimate of drug-likeness (QED) is 0.551. The van der Waals surface area contributed by atoms with E-state index in [9.17, 15) is 32.3 Å². The van der Waals surface area contributed by atoms with Crippen LogP contribution in [0.2, 0.25) is 0 Å². The number of halogens is 4. The van der Waals surface area contributed by atoms with Crippen LogP contribution in [-0.2, 0) is 0 Å². The minimum absolute atomic E-state index is 0.00409. The Morgan fingerprint density at radius 2 is 1.69 bits per heavy atom. The fourth-order valence-corrected chi connectivity index (χ4v) is 2.48. The number of carbonyl (C=O) groups is 2. The average Bonchev–Trinajstić information content (AvgIpc) is 2.69. The summed E-state index contributed by atoms with van der Waals surface area (Å²) in [6, 6.07) is 9.68. The number of rotatable bonds is 6. The summed E-state index contributed by atoms with van der Waals surface area (Å²) in [6.07, 6.45) is -3.56. The second-order valence-corrected chi connectivity index (χ2v) is 6.01. The van der Waals surface area contributed by atoms with Gasteiger partial charge in [0.25, 0.3) is 0 Å². The molecule has 0 aliphatic rings. The molecule has 0 radical (unpaired) electrons. The van der Waals surface area contributed by atoms with Gasteiger partial charge in [0.15, 0.2) is 0 Å². The van der Waals surface area contributed by atoms with E-state index in [2.05, 4.69) is 20.4 Å². The molecule has 0 saturated carbocycles. The lowest BCUT2D eigenvalue weighted by Crippen LogP contribution is -2.24. The van der Waals surface area contributed by atoms with Gasteiger partial charge in [0.05, 0.1) is 11.5 Å². The third kappa shape index (κ3) is 5.84. The minimum Gasteiger partial charge on any atom is -0.545 e. The van der Waals surface area contributed by atoms with Gasteiger partial charge in [0, 0.05) is 11.9 Å². The van der Waals surface area contributed by atoms with E-state index >= 15 is 0 Å². The number of urea groups is 1. The molecule has 0 saturated heterocycles. The van der Waals surface area contributed by atoms with Gasteiger partial charge in [0.2, 0.25) is 5.88 Å². The number of aromatic nitrogens is 1. The van der Waals surface area contributed by atoms with Crippen LogP contribution in [0.1, 0.15) is 10.4 Å². The molecule has 0 unspecified atom stereocenters. The van der Waals surface area contributed by atoms with Gasteiger partial charge >= 0.3 is 12.4 Å². The van der Waals surface area contributed by atoms with Crippen molar-refractivity contribution in [1.29, 1.82) is 0 Å². The third-order valence-corrected chi connectivity index (χ3v) is 3.75. The number of carbonyl (C=O) groups excluding carboxylic acids is 2. The van der Waals surface area contributed by atoms with Crippen molar-refractivity contribution in [3.05, 3.63) is 72.2 Å². The summed E-state index contributed by atoms with van der Waals surface area (Å²) in [5.41, 5.74) is -0.682. The highest BCUT2D eigenvalue weighted by atomic mass is 19.4. The maximum Gasteiger partial charge on any atom is 0.573 e. The van der Waals surface area contributed by atoms with Crippen LogP contribution in [0.4, 0.5) is 33.7 Å². The number of pyridine rings is 1. The van der Waals surface area contributed by atoms with Crippen molar-refractivity contribution in [2.45, 2.75) is 6.36 Å². The molecule has 0 fully saturated rings. The molecular weight excluding hydrogens is 438 g/mol. The Morgan fingerprint density at radius 3 is 2.34 bits per heavy atom. The standard InChI is InChI=1S/C20H13F4N3O5/c21-13-3-1-5-15(16(13)18(28)29)31-17-14(4-2-10-25-17)27-19(30)26-11-6-8-12(9-7-11)32-20(22,23)24/h1-10H,(H,28,29)(H2,26,27,30)/p-1. The number of ether oxygens (including phenoxy) is 2. The first kappa shape index (κ1) is 22.3. The van der Waals surface area contributed by atoms with Gasteiger partial charge in [-0.1, -0.05) is 6.07 Å². The number of hydrogen-bond donors (Lipinski definition) is 2. The van der Waals surface area contributed by atoms with Crippen LogP contribution in [0.3, 0.4) is 0 Å². The highest BCUT2D eigenvalue weighted by Crippen LogP contribution is 2.30. The number of alkyl halides is 3. The summed E-state index contributed by atoms with van der Waals surface area (Å²) < 4.78 is 59.5. The fourth-order valence-electron chi connectivity index (χ4n) is 2.48. The summed E-state index contributed by atoms with van der Waals surface area (Å²) in [7, 11) is 0. The van der Waals surface area contributed by atoms with Crippen LogP contribution < -0.4 is 25.2 Å². The highest BCUT2D eigenvalue weighted by molar-refractivity contribution is 6.00. The Bertz CT molecular complexity index is 1140. The molecule has 2 N–H and O–H groups in total. The van der Waals surface area contributed by atoms with E-state index in [0.29, 0.717) is 0 Å². The van der Waals surface area contributed by atoms with E-state index in [4.69, 9.17) is 4.74 Å². The molecule has 3 rings (SSSR count). The molecular formula is C20H12F4N3O5-. The van der Waals surface area contributed by atoms with Crippen LogP contribution in [0, 0.1) is 5.82 Å². The predicted molar refractivity (Wildman–Crippen MR) is 101 cm³/mol. The molecule has 0 spiro atoms. The predicted octanol–water partition coefficient (Wildman–Crippen LogP) is 3.92. The first-order valence-corrected chi connectivity index (χ1v) is 8.69. The first-order chi connectivity index (χ1) is 15.1. The van der Waals surface area contributed by atoms with E-state index < -0.39 is 41.2 Å². The van der Waals surface area contributed by atoms with Gasteiger partial charge in [-0.05, 0) is 48.5 Å². The lowest BCUT2D eigenvalue weighted by atomic mass is 10.2. The maximum absolute atomic E-state index is 13.8. The fraction of sp³-hybridized carbons (Fsp3) is 0.0500. The zero-order chi connectivity index (χ0) is 23.3. The smallest absolute Gasteiger partial charge is 0.545 e. The van der Waals surface area contributed by atoms with Gasteiger partial charge in [-0.2, -0.15) is 0 Å². The molecule has 0 aliphatic heterocycles. The largest absolute Gasteiger partial charge is 0.573 e. The summed E-state index contributed by atoms with van der Waals surface area (Å²) in [5.74, 6) is -4.00. The third-order valence-electron chi connectivity index (χ3n) is 3.75. The maximum atomic E-state index is 13.8. The number of hydrogen-bond acceptors (Lipinski definition) is 6. The number of benzene rings is 2. The highest BCUT2D eigenvalue weighted by Gasteiger charge is 2.31. The zero-order valence-corrected chi connectivity index (χ0v) is 15.8. The summed E-state index contributed by atoms with van der Waals surface area (Å²) in [5, 5.41) is 16.0. The summed E-state index contributed by atoms with van der Waals surface area (Å²) >= 11 is 0. The van der Waals surface area contributed by atoms with E-state index in [1.54, 1.807) is 0 Å². The molecule has 1 heterocycles. The van der Waals surface area contributed by atoms with Crippen molar-refractivity contribution >= 4 is 23.4 Å². The lowest BCUT2D eigenvalue weighted by molar-refractivity contribution is -0.274. The Kier molecular flexibility index (Phi) is 6.42. The van der Waals surface area contributed by atoms with Crippen LogP contribution in [0.5, 0.6) is 17.4 Å². The van der Waals surface area contributed by atoms with Crippen molar-refractivity contribution in [3.8, 4) is 17.4 Å². The van der Waals surface area contributed by atoms with Crippen LogP contribution in [0.15, 0.2) is 60.8 Å². The number of carboxylic acid groups (broad SMARTS) is 1. The molecule has 166 valence electrons. The number of anilines is 2. The van der Waals surface area contributed by atoms with Gasteiger partial charge in [-0.15, -0.1) is 13.2 Å². The Morgan fingerprint density at radius 1 is 0.969 bits per heavy atom. The number of nitrogens with zero attached hydrogens (tertiary/aromatic N) is 1. The number of nitrogens with one attached hydrogen (secondary N) is 2. The molecule has 3 aromatic rings. The van der Waals surface area contributed by atoms with Gasteiger partial charge in [-0.3, -0.25) is 0 Å². The normalized spacial score (nSPS) is 10.9. The molecule has 0 aliphatic carbocycles. The molecule has 12 heteroatoms. The zero-order valence-electron chi connectivity index (χ0n) is 15.8. The minimum atomic E-state index is -4.85. The van der Waals surface area contributed by atoms with Crippen molar-refractivity contribution in [1.82, 2.24) is 4.98 Å². The van der Waals surface area contributed by atoms with Gasteiger partial charge in [-0.25, -0.2) is 14.2 Å². The molecule has 2 amide bonds. The van der Waals surface area contributed by atoms with E-state index in [0.717, 1.165) is 18.2 Å². The number of aromatic carboxylic acids is 1. The summed E-state index contributed by atoms with van der Waals surface area (Å²) in [6.45, 7) is 0. The van der Waals surface area contributed by atoms with Crippen LogP contribution >= 0.6 is 0 Å². The molecule has 1 aromatic heterocycles. The SMILES string of the molecule is O=C(Nc1ccc(OC(F)(F)F)cc1)Nc1cccnc1Oc1cccc(F)c1C(=O)[O-]. The topological polar surface area (TPSA) is 113 Å². The summed E-state index contributed by atoms with van der Waals surface area (Å²) in [4.78, 5) is 27.3. The lowest BCUT2D eigenvalue weighted by Gasteiger charge is -2.15. The molecule has 0 atom stereocenters. The molecule has 0 bridgehead atoms. The van der Waals surface area contributed by atoms with Gasteiger partial charge < -0.3 is 30.0 Å². The molecule has 32 heavy (non-hydrogen) atoms. The number of carboxylic acids is 1. The van der Waals surface area contributed by atoms with Gasteiger partial charge in [0.1, 0.15) is 23.0 Å². The monoisotopic (exact) mass is 450 g/mol. The van der Waals surface area contributed by atoms with Crippen molar-refractivity contribution in [2.75, 3.05) is 10.6 Å². The Labute approximate surface area is 177 Å². The first-order valence-electron chi connectivity index (χ1n) is 8.69. The van der Waals surface area contributed by atoms with E-state index in [1.165, 1.54) is 42.6 Å². The average molecular weight is 450 g/mol. The van der Waals surface area contributed by atoms with E-state index in [1.807, 2.05) is 0 Å². The van der Waals surface area contributed by atoms with Crippen LogP contribution in [0.25, 0.3) is 0 Å². The van der Waals surface area contributed by atoms with Crippen molar-refractivity contribution in [2.24, 2.45) is 0 Å². The Balaban J connectivity index is 1.72. The second kappa shape index (κ2) is 9.20. The van der Waals surface area contributed by atoms with Crippen molar-refractivity contribution < 1.29 is 41.7 Å². The Hall–Kier alpha value is -4.35. The van der Waals surface area contributed by atoms with Crippen molar-refractivity contribution in [3.63, 3.8) is 0 Å². The van der Waals surface area contributed by atoms with E-state index in [-0.39, 0.29) is 17.3 Å². The second-order valence-electron chi connectivity index (χ2n) is 6.01. The van der Waals surface area contributed by atoms with Crippen LogP contribution in [-0.4, -0.2) is 23.3 Å².